The van der Waals surface area contributed by atoms with Crippen LogP contribution in [-0.2, 0) is 29.4 Å². The van der Waals surface area contributed by atoms with E-state index >= 15 is 0 Å². The highest BCUT2D eigenvalue weighted by atomic mass is 32.2. The van der Waals surface area contributed by atoms with Crippen LogP contribution in [0.1, 0.15) is 41.0 Å². The highest BCUT2D eigenvalue weighted by molar-refractivity contribution is 7.85. The van der Waals surface area contributed by atoms with Crippen molar-refractivity contribution in [3.05, 3.63) is 58.7 Å². The molecule has 0 saturated carbocycles. The van der Waals surface area contributed by atoms with Gasteiger partial charge < -0.3 is 14.4 Å². The summed E-state index contributed by atoms with van der Waals surface area (Å²) < 4.78 is 37.3. The van der Waals surface area contributed by atoms with Crippen molar-refractivity contribution in [1.82, 2.24) is 4.90 Å². The largest absolute Gasteiger partial charge is 0.496 e. The molecule has 0 fully saturated rings. The highest BCUT2D eigenvalue weighted by Crippen LogP contribution is 2.37. The summed E-state index contributed by atoms with van der Waals surface area (Å²) in [4.78, 5) is 2.48. The molecule has 2 aromatic rings. The van der Waals surface area contributed by atoms with Crippen LogP contribution in [0.5, 0.6) is 11.5 Å². The molecular weight excluding hydrogens is 414 g/mol. The first kappa shape index (κ1) is 23.6. The van der Waals surface area contributed by atoms with Gasteiger partial charge in [-0.2, -0.15) is 8.42 Å². The van der Waals surface area contributed by atoms with Crippen LogP contribution in [0.15, 0.2) is 36.4 Å². The monoisotopic (exact) mass is 447 g/mol. The number of benzene rings is 2. The number of nitrogens with zero attached hydrogens (tertiary/aromatic N) is 1. The molecule has 2 aliphatic rings. The molecule has 31 heavy (non-hydrogen) atoms. The molecule has 0 aromatic heterocycles. The van der Waals surface area contributed by atoms with Crippen LogP contribution in [0.25, 0.3) is 0 Å². The van der Waals surface area contributed by atoms with E-state index in [0.717, 1.165) is 50.5 Å². The Morgan fingerprint density at radius 3 is 2.68 bits per heavy atom. The van der Waals surface area contributed by atoms with Crippen molar-refractivity contribution < 1.29 is 22.4 Å². The minimum absolute atomic E-state index is 0.608. The SMILES string of the molecule is COc1cccc2c1CCCC2CN(C)CCc1cccc2c1OCC2.CS(=O)(=O)O. The average molecular weight is 448 g/mol. The van der Waals surface area contributed by atoms with Crippen LogP contribution in [0.2, 0.25) is 0 Å². The average Bonchev–Trinajstić information content (AvgIpc) is 3.20. The maximum Gasteiger partial charge on any atom is 0.261 e. The highest BCUT2D eigenvalue weighted by Gasteiger charge is 2.24. The summed E-state index contributed by atoms with van der Waals surface area (Å²) in [6.07, 6.45) is 6.50. The third-order valence-corrected chi connectivity index (χ3v) is 5.90. The van der Waals surface area contributed by atoms with E-state index in [0.29, 0.717) is 12.2 Å². The van der Waals surface area contributed by atoms with Crippen LogP contribution < -0.4 is 9.47 Å². The Morgan fingerprint density at radius 2 is 1.94 bits per heavy atom. The smallest absolute Gasteiger partial charge is 0.261 e. The molecule has 0 bridgehead atoms. The number of methoxy groups -OCH3 is 1. The number of rotatable bonds is 6. The molecule has 0 spiro atoms. The Morgan fingerprint density at radius 1 is 1.19 bits per heavy atom. The minimum Gasteiger partial charge on any atom is -0.496 e. The van der Waals surface area contributed by atoms with E-state index in [4.69, 9.17) is 14.0 Å². The summed E-state index contributed by atoms with van der Waals surface area (Å²) in [5.41, 5.74) is 5.65. The Labute approximate surface area is 185 Å². The Bertz CT molecular complexity index is 981. The first-order valence-electron chi connectivity index (χ1n) is 10.8. The summed E-state index contributed by atoms with van der Waals surface area (Å²) in [5, 5.41) is 0. The number of hydrogen-bond acceptors (Lipinski definition) is 5. The molecule has 6 nitrogen and oxygen atoms in total. The van der Waals surface area contributed by atoms with Gasteiger partial charge in [0.15, 0.2) is 0 Å². The molecule has 1 unspecified atom stereocenters. The van der Waals surface area contributed by atoms with E-state index in [-0.39, 0.29) is 0 Å². The number of hydrogen-bond donors (Lipinski definition) is 1. The fourth-order valence-electron chi connectivity index (χ4n) is 4.55. The molecule has 1 N–H and O–H groups in total. The van der Waals surface area contributed by atoms with Crippen LogP contribution in [0.4, 0.5) is 0 Å². The van der Waals surface area contributed by atoms with Crippen molar-refractivity contribution in [3.63, 3.8) is 0 Å². The molecule has 1 aliphatic heterocycles. The topological polar surface area (TPSA) is 76.1 Å². The van der Waals surface area contributed by atoms with Crippen molar-refractivity contribution >= 4 is 10.1 Å². The van der Waals surface area contributed by atoms with E-state index in [2.05, 4.69) is 48.3 Å². The molecule has 1 heterocycles. The van der Waals surface area contributed by atoms with Crippen LogP contribution in [0.3, 0.4) is 0 Å². The lowest BCUT2D eigenvalue weighted by atomic mass is 9.82. The van der Waals surface area contributed by atoms with E-state index < -0.39 is 10.1 Å². The van der Waals surface area contributed by atoms with Gasteiger partial charge >= 0.3 is 0 Å². The Balaban J connectivity index is 0.000000491. The second-order valence-electron chi connectivity index (χ2n) is 8.37. The number of para-hydroxylation sites is 1. The second-order valence-corrected chi connectivity index (χ2v) is 9.83. The zero-order valence-corrected chi connectivity index (χ0v) is 19.5. The van der Waals surface area contributed by atoms with Gasteiger partial charge in [0, 0.05) is 19.5 Å². The molecule has 1 atom stereocenters. The first-order valence-corrected chi connectivity index (χ1v) is 12.6. The van der Waals surface area contributed by atoms with Crippen LogP contribution in [0, 0.1) is 0 Å². The van der Waals surface area contributed by atoms with Crippen molar-refractivity contribution in [2.45, 2.75) is 38.0 Å². The third-order valence-electron chi connectivity index (χ3n) is 5.90. The van der Waals surface area contributed by atoms with Gasteiger partial charge in [-0.1, -0.05) is 30.3 Å². The van der Waals surface area contributed by atoms with Crippen LogP contribution in [-0.4, -0.2) is 58.0 Å². The molecular formula is C24H33NO5S. The zero-order valence-electron chi connectivity index (χ0n) is 18.6. The minimum atomic E-state index is -3.67. The summed E-state index contributed by atoms with van der Waals surface area (Å²) in [6, 6.07) is 13.1. The van der Waals surface area contributed by atoms with Gasteiger partial charge in [0.25, 0.3) is 10.1 Å². The van der Waals surface area contributed by atoms with Crippen LogP contribution >= 0.6 is 0 Å². The van der Waals surface area contributed by atoms with E-state index in [1.54, 1.807) is 7.11 Å². The van der Waals surface area contributed by atoms with Crippen molar-refractivity contribution in [2.75, 3.05) is 40.1 Å². The van der Waals surface area contributed by atoms with Gasteiger partial charge in [-0.15, -0.1) is 0 Å². The van der Waals surface area contributed by atoms with Gasteiger partial charge in [0.05, 0.1) is 20.0 Å². The first-order chi connectivity index (χ1) is 14.8. The predicted octanol–water partition coefficient (Wildman–Crippen LogP) is 3.73. The number of fused-ring (bicyclic) bond motifs is 2. The van der Waals surface area contributed by atoms with Gasteiger partial charge in [0.2, 0.25) is 0 Å². The van der Waals surface area contributed by atoms with E-state index in [1.807, 2.05) is 0 Å². The maximum atomic E-state index is 9.19. The quantitative estimate of drug-likeness (QED) is 0.680. The predicted molar refractivity (Wildman–Crippen MR) is 123 cm³/mol. The van der Waals surface area contributed by atoms with E-state index in [1.165, 1.54) is 35.1 Å². The molecule has 0 saturated heterocycles. The summed E-state index contributed by atoms with van der Waals surface area (Å²) >= 11 is 0. The number of likely N-dealkylation sites (N-methyl/N-ethyl adjacent to an activating group) is 1. The molecule has 1 aliphatic carbocycles. The maximum absolute atomic E-state index is 9.19. The molecule has 2 aromatic carbocycles. The fourth-order valence-corrected chi connectivity index (χ4v) is 4.55. The Hall–Kier alpha value is -2.09. The number of ether oxygens (including phenoxy) is 2. The van der Waals surface area contributed by atoms with Gasteiger partial charge in [-0.25, -0.2) is 0 Å². The van der Waals surface area contributed by atoms with Crippen molar-refractivity contribution in [3.8, 4) is 11.5 Å². The lowest BCUT2D eigenvalue weighted by molar-refractivity contribution is 0.296. The summed E-state index contributed by atoms with van der Waals surface area (Å²) in [6.45, 7) is 3.01. The standard InChI is InChI=1S/C23H29NO2.CH4O3S/c1-24(14-12-17-6-3-7-18-13-15-26-23(17)18)16-19-8-4-10-21-20(19)9-5-11-22(21)25-2;1-5(2,3)4/h3,5-7,9,11,19H,4,8,10,12-16H2,1-2H3;1H3,(H,2,3,4). The zero-order chi connectivity index (χ0) is 22.4. The summed E-state index contributed by atoms with van der Waals surface area (Å²) in [5.74, 6) is 2.82. The third kappa shape index (κ3) is 6.69. The van der Waals surface area contributed by atoms with Gasteiger partial charge in [-0.05, 0) is 67.0 Å². The molecule has 0 amide bonds. The van der Waals surface area contributed by atoms with E-state index in [9.17, 15) is 8.42 Å². The normalized spacial score (nSPS) is 17.3. The van der Waals surface area contributed by atoms with Gasteiger partial charge in [0.1, 0.15) is 11.5 Å². The molecule has 4 rings (SSSR count). The van der Waals surface area contributed by atoms with Gasteiger partial charge in [-0.3, -0.25) is 4.55 Å². The molecule has 170 valence electrons. The fraction of sp³-hybridized carbons (Fsp3) is 0.500. The molecule has 0 radical (unpaired) electrons. The summed E-state index contributed by atoms with van der Waals surface area (Å²) in [7, 11) is 0.365. The lowest BCUT2D eigenvalue weighted by Gasteiger charge is -2.30. The van der Waals surface area contributed by atoms with Crippen molar-refractivity contribution in [2.24, 2.45) is 0 Å². The molecule has 7 heteroatoms. The van der Waals surface area contributed by atoms with Crippen molar-refractivity contribution in [1.29, 1.82) is 0 Å². The Kier molecular flexibility index (Phi) is 7.97. The lowest BCUT2D eigenvalue weighted by Crippen LogP contribution is -2.28. The second kappa shape index (κ2) is 10.5.